The van der Waals surface area contributed by atoms with Crippen LogP contribution in [-0.2, 0) is 9.59 Å². The molecule has 0 aromatic rings. The normalized spacial score (nSPS) is 11.0. The van der Waals surface area contributed by atoms with Crippen LogP contribution in [-0.4, -0.2) is 116 Å². The fourth-order valence-electron chi connectivity index (χ4n) is 1.15. The standard InChI is InChI=1S/C6H10O4.2C5H12O4/c7-5(8)3-1-2-4-6(9)10;2*6-1-5(2-7,3-8)4-9/h1-4H2,(H,7,8)(H,9,10);2*6-9H,1-4H2. The Labute approximate surface area is 162 Å². The average molecular weight is 418 g/mol. The highest BCUT2D eigenvalue weighted by Gasteiger charge is 2.27. The van der Waals surface area contributed by atoms with Crippen molar-refractivity contribution in [2.45, 2.75) is 25.7 Å². The van der Waals surface area contributed by atoms with Gasteiger partial charge in [0, 0.05) is 12.8 Å². The zero-order valence-electron chi connectivity index (χ0n) is 15.8. The monoisotopic (exact) mass is 418 g/mol. The number of carboxylic acid groups (broad SMARTS) is 2. The van der Waals surface area contributed by atoms with E-state index >= 15 is 0 Å². The van der Waals surface area contributed by atoms with Crippen LogP contribution in [0, 0.1) is 10.8 Å². The molecule has 28 heavy (non-hydrogen) atoms. The molecule has 0 rings (SSSR count). The second-order valence-electron chi connectivity index (χ2n) is 6.26. The SMILES string of the molecule is O=C(O)CCCCC(=O)O.OCC(CO)(CO)CO.OCC(CO)(CO)CO. The van der Waals surface area contributed by atoms with Gasteiger partial charge in [-0.15, -0.1) is 0 Å². The Bertz CT molecular complexity index is 309. The predicted octanol–water partition coefficient (Wildman–Crippen LogP) is -3.40. The topological polar surface area (TPSA) is 236 Å². The molecule has 10 N–H and O–H groups in total. The molecule has 0 unspecified atom stereocenters. The molecule has 0 aliphatic heterocycles. The zero-order chi connectivity index (χ0) is 22.6. The van der Waals surface area contributed by atoms with Gasteiger partial charge in [-0.25, -0.2) is 0 Å². The smallest absolute Gasteiger partial charge is 0.303 e. The summed E-state index contributed by atoms with van der Waals surface area (Å²) in [6.45, 7) is -3.25. The lowest BCUT2D eigenvalue weighted by Crippen LogP contribution is -2.37. The highest BCUT2D eigenvalue weighted by molar-refractivity contribution is 5.67. The molecule has 0 aliphatic carbocycles. The van der Waals surface area contributed by atoms with Gasteiger partial charge >= 0.3 is 11.9 Å². The Morgan fingerprint density at radius 1 is 0.464 bits per heavy atom. The van der Waals surface area contributed by atoms with Gasteiger partial charge in [0.15, 0.2) is 0 Å². The summed E-state index contributed by atoms with van der Waals surface area (Å²) >= 11 is 0. The lowest BCUT2D eigenvalue weighted by atomic mass is 9.93. The molecule has 170 valence electrons. The van der Waals surface area contributed by atoms with Gasteiger partial charge in [0.2, 0.25) is 0 Å². The summed E-state index contributed by atoms with van der Waals surface area (Å²) in [5.41, 5.74) is -2.22. The largest absolute Gasteiger partial charge is 0.481 e. The van der Waals surface area contributed by atoms with Crippen molar-refractivity contribution >= 4 is 11.9 Å². The molecule has 0 saturated carbocycles. The number of aliphatic carboxylic acids is 2. The highest BCUT2D eigenvalue weighted by atomic mass is 16.4. The Morgan fingerprint density at radius 3 is 0.714 bits per heavy atom. The van der Waals surface area contributed by atoms with Gasteiger partial charge in [0.05, 0.1) is 63.7 Å². The third-order valence-electron chi connectivity index (χ3n) is 3.71. The number of carbonyl (C=O) groups is 2. The Kier molecular flexibility index (Phi) is 21.2. The van der Waals surface area contributed by atoms with Crippen molar-refractivity contribution in [3.8, 4) is 0 Å². The minimum atomic E-state index is -1.11. The summed E-state index contributed by atoms with van der Waals surface area (Å²) in [5.74, 6) is -1.74. The summed E-state index contributed by atoms with van der Waals surface area (Å²) in [7, 11) is 0. The molecular formula is C16H34O12. The third-order valence-corrected chi connectivity index (χ3v) is 3.71. The van der Waals surface area contributed by atoms with Gasteiger partial charge in [-0.1, -0.05) is 0 Å². The number of rotatable bonds is 13. The van der Waals surface area contributed by atoms with Crippen LogP contribution in [0.2, 0.25) is 0 Å². The summed E-state index contributed by atoms with van der Waals surface area (Å²) < 4.78 is 0. The minimum Gasteiger partial charge on any atom is -0.481 e. The molecule has 0 heterocycles. The summed E-state index contributed by atoms with van der Waals surface area (Å²) in [5, 5.41) is 84.2. The second-order valence-corrected chi connectivity index (χ2v) is 6.26. The fourth-order valence-corrected chi connectivity index (χ4v) is 1.15. The van der Waals surface area contributed by atoms with Gasteiger partial charge in [0.1, 0.15) is 0 Å². The van der Waals surface area contributed by atoms with E-state index in [0.29, 0.717) is 12.8 Å². The molecule has 0 spiro atoms. The van der Waals surface area contributed by atoms with Gasteiger partial charge < -0.3 is 51.1 Å². The number of aliphatic hydroxyl groups excluding tert-OH is 8. The summed E-state index contributed by atoms with van der Waals surface area (Å²) in [6.07, 6.45) is 1.02. The van der Waals surface area contributed by atoms with Crippen molar-refractivity contribution in [3.63, 3.8) is 0 Å². The molecule has 0 saturated heterocycles. The van der Waals surface area contributed by atoms with Crippen LogP contribution in [0.3, 0.4) is 0 Å². The van der Waals surface area contributed by atoms with E-state index in [9.17, 15) is 9.59 Å². The molecule has 0 fully saturated rings. The lowest BCUT2D eigenvalue weighted by molar-refractivity contribution is -0.139. The van der Waals surface area contributed by atoms with Gasteiger partial charge in [0.25, 0.3) is 0 Å². The van der Waals surface area contributed by atoms with Gasteiger partial charge in [-0.05, 0) is 12.8 Å². The number of hydrogen-bond acceptors (Lipinski definition) is 10. The second kappa shape index (κ2) is 19.0. The van der Waals surface area contributed by atoms with Crippen molar-refractivity contribution in [2.75, 3.05) is 52.9 Å². The average Bonchev–Trinajstić information content (AvgIpc) is 2.70. The van der Waals surface area contributed by atoms with E-state index in [1.165, 1.54) is 0 Å². The van der Waals surface area contributed by atoms with Crippen molar-refractivity contribution in [1.29, 1.82) is 0 Å². The van der Waals surface area contributed by atoms with Crippen LogP contribution in [0.1, 0.15) is 25.7 Å². The number of aliphatic hydroxyl groups is 8. The van der Waals surface area contributed by atoms with Crippen molar-refractivity contribution in [3.05, 3.63) is 0 Å². The number of unbranched alkanes of at least 4 members (excludes halogenated alkanes) is 1. The maximum Gasteiger partial charge on any atom is 0.303 e. The Balaban J connectivity index is -0.000000336. The first-order valence-electron chi connectivity index (χ1n) is 8.42. The van der Waals surface area contributed by atoms with E-state index in [1.807, 2.05) is 0 Å². The molecule has 0 radical (unpaired) electrons. The predicted molar refractivity (Wildman–Crippen MR) is 95.3 cm³/mol. The molecule has 12 nitrogen and oxygen atoms in total. The third kappa shape index (κ3) is 15.7. The molecule has 0 aliphatic rings. The van der Waals surface area contributed by atoms with E-state index in [1.54, 1.807) is 0 Å². The first kappa shape index (κ1) is 31.3. The van der Waals surface area contributed by atoms with E-state index in [-0.39, 0.29) is 12.8 Å². The number of hydrogen-bond donors (Lipinski definition) is 10. The molecule has 0 amide bonds. The first-order chi connectivity index (χ1) is 13.1. The van der Waals surface area contributed by atoms with Crippen LogP contribution in [0.25, 0.3) is 0 Å². The van der Waals surface area contributed by atoms with E-state index in [2.05, 4.69) is 0 Å². The molecule has 0 bridgehead atoms. The van der Waals surface area contributed by atoms with Crippen molar-refractivity contribution in [2.24, 2.45) is 10.8 Å². The van der Waals surface area contributed by atoms with Gasteiger partial charge in [-0.3, -0.25) is 9.59 Å². The van der Waals surface area contributed by atoms with E-state index in [4.69, 9.17) is 51.1 Å². The Morgan fingerprint density at radius 2 is 0.643 bits per heavy atom. The van der Waals surface area contributed by atoms with Crippen LogP contribution >= 0.6 is 0 Å². The Hall–Kier alpha value is -1.38. The highest BCUT2D eigenvalue weighted by Crippen LogP contribution is 2.12. The minimum absolute atomic E-state index is 0.0628. The van der Waals surface area contributed by atoms with Crippen molar-refractivity contribution < 1.29 is 60.7 Å². The maximum atomic E-state index is 9.90. The van der Waals surface area contributed by atoms with E-state index in [0.717, 1.165) is 0 Å². The molecule has 0 aromatic carbocycles. The van der Waals surface area contributed by atoms with Crippen LogP contribution < -0.4 is 0 Å². The summed E-state index contributed by atoms with van der Waals surface area (Å²) in [6, 6.07) is 0. The van der Waals surface area contributed by atoms with Crippen LogP contribution in [0.4, 0.5) is 0 Å². The molecule has 0 aromatic heterocycles. The zero-order valence-corrected chi connectivity index (χ0v) is 15.8. The molecule has 12 heteroatoms. The molecular weight excluding hydrogens is 384 g/mol. The maximum absolute atomic E-state index is 9.90. The van der Waals surface area contributed by atoms with Crippen molar-refractivity contribution in [1.82, 2.24) is 0 Å². The molecule has 0 atom stereocenters. The lowest BCUT2D eigenvalue weighted by Gasteiger charge is -2.23. The van der Waals surface area contributed by atoms with Crippen LogP contribution in [0.15, 0.2) is 0 Å². The van der Waals surface area contributed by atoms with E-state index < -0.39 is 75.6 Å². The summed E-state index contributed by atoms with van der Waals surface area (Å²) in [4.78, 5) is 19.8. The fraction of sp³-hybridized carbons (Fsp3) is 0.875. The van der Waals surface area contributed by atoms with Gasteiger partial charge in [-0.2, -0.15) is 0 Å². The quantitative estimate of drug-likeness (QED) is 0.132. The number of carboxylic acids is 2. The first-order valence-corrected chi connectivity index (χ1v) is 8.42. The van der Waals surface area contributed by atoms with Crippen LogP contribution in [0.5, 0.6) is 0 Å².